The first kappa shape index (κ1) is 15.1. The van der Waals surface area contributed by atoms with Crippen molar-refractivity contribution in [3.8, 4) is 11.5 Å². The zero-order valence-electron chi connectivity index (χ0n) is 11.0. The van der Waals surface area contributed by atoms with Gasteiger partial charge in [0.2, 0.25) is 0 Å². The van der Waals surface area contributed by atoms with Gasteiger partial charge in [-0.2, -0.15) is 0 Å². The second-order valence-corrected chi connectivity index (χ2v) is 4.69. The van der Waals surface area contributed by atoms with Gasteiger partial charge in [-0.05, 0) is 42.0 Å². The third-order valence-electron chi connectivity index (χ3n) is 2.71. The molecule has 0 heterocycles. The number of aliphatic carboxylic acids is 1. The Kier molecular flexibility index (Phi) is 4.98. The van der Waals surface area contributed by atoms with Crippen molar-refractivity contribution in [3.63, 3.8) is 0 Å². The average Bonchev–Trinajstić information content (AvgIpc) is 2.48. The summed E-state index contributed by atoms with van der Waals surface area (Å²) >= 11 is 5.91. The van der Waals surface area contributed by atoms with Crippen LogP contribution < -0.4 is 4.74 Å². The third kappa shape index (κ3) is 4.34. The normalized spacial score (nSPS) is 10.8. The second-order valence-electron chi connectivity index (χ2n) is 4.26. The molecule has 0 atom stereocenters. The lowest BCUT2D eigenvalue weighted by Gasteiger charge is -2.09. The van der Waals surface area contributed by atoms with Crippen molar-refractivity contribution in [3.05, 3.63) is 64.7 Å². The van der Waals surface area contributed by atoms with Crippen LogP contribution in [0.15, 0.2) is 48.5 Å². The first-order valence-electron chi connectivity index (χ1n) is 6.16. The van der Waals surface area contributed by atoms with Crippen LogP contribution in [0.4, 0.5) is 0 Å². The number of halogens is 1. The molecule has 0 spiro atoms. The van der Waals surface area contributed by atoms with Gasteiger partial charge in [0, 0.05) is 16.7 Å². The Morgan fingerprint density at radius 3 is 2.52 bits per heavy atom. The number of benzene rings is 2. The van der Waals surface area contributed by atoms with Gasteiger partial charge in [-0.1, -0.05) is 23.7 Å². The molecule has 0 aliphatic carbocycles. The molecule has 0 bridgehead atoms. The lowest BCUT2D eigenvalue weighted by atomic mass is 10.2. The number of carbonyl (C=O) groups is 1. The Morgan fingerprint density at radius 2 is 1.90 bits per heavy atom. The molecule has 2 aromatic carbocycles. The highest BCUT2D eigenvalue weighted by atomic mass is 35.5. The Balaban J connectivity index is 2.27. The SMILES string of the molecule is O=C(O)/C=C/c1cc(Cl)ccc1Oc1ccc(CO)cc1. The number of aliphatic hydroxyl groups is 1. The van der Waals surface area contributed by atoms with Gasteiger partial charge in [-0.25, -0.2) is 4.79 Å². The van der Waals surface area contributed by atoms with Crippen molar-refractivity contribution in [2.24, 2.45) is 0 Å². The zero-order chi connectivity index (χ0) is 15.2. The van der Waals surface area contributed by atoms with E-state index < -0.39 is 5.97 Å². The van der Waals surface area contributed by atoms with Crippen molar-refractivity contribution in [1.82, 2.24) is 0 Å². The van der Waals surface area contributed by atoms with Crippen LogP contribution in [0, 0.1) is 0 Å². The number of ether oxygens (including phenoxy) is 1. The van der Waals surface area contributed by atoms with Crippen LogP contribution >= 0.6 is 11.6 Å². The summed E-state index contributed by atoms with van der Waals surface area (Å²) in [5.74, 6) is 0.0290. The minimum absolute atomic E-state index is 0.0339. The molecule has 0 saturated carbocycles. The topological polar surface area (TPSA) is 66.8 Å². The smallest absolute Gasteiger partial charge is 0.328 e. The number of carboxylic acid groups (broad SMARTS) is 1. The number of rotatable bonds is 5. The van der Waals surface area contributed by atoms with Crippen molar-refractivity contribution in [1.29, 1.82) is 0 Å². The largest absolute Gasteiger partial charge is 0.478 e. The lowest BCUT2D eigenvalue weighted by Crippen LogP contribution is -1.90. The van der Waals surface area contributed by atoms with E-state index in [1.165, 1.54) is 6.08 Å². The number of carboxylic acids is 1. The molecular formula is C16H13ClO4. The molecule has 4 nitrogen and oxygen atoms in total. The van der Waals surface area contributed by atoms with E-state index in [0.717, 1.165) is 11.6 Å². The molecule has 0 aliphatic rings. The zero-order valence-corrected chi connectivity index (χ0v) is 11.7. The third-order valence-corrected chi connectivity index (χ3v) is 2.95. The van der Waals surface area contributed by atoms with Gasteiger partial charge in [-0.3, -0.25) is 0 Å². The van der Waals surface area contributed by atoms with Crippen LogP contribution in [-0.2, 0) is 11.4 Å². The van der Waals surface area contributed by atoms with Crippen LogP contribution in [0.3, 0.4) is 0 Å². The molecule has 0 aromatic heterocycles. The molecule has 0 amide bonds. The van der Waals surface area contributed by atoms with E-state index in [9.17, 15) is 4.79 Å². The summed E-state index contributed by atoms with van der Waals surface area (Å²) in [4.78, 5) is 10.6. The van der Waals surface area contributed by atoms with Gasteiger partial charge in [0.25, 0.3) is 0 Å². The molecule has 108 valence electrons. The monoisotopic (exact) mass is 304 g/mol. The average molecular weight is 305 g/mol. The molecule has 2 aromatic rings. The van der Waals surface area contributed by atoms with Crippen LogP contribution in [0.5, 0.6) is 11.5 Å². The highest BCUT2D eigenvalue weighted by molar-refractivity contribution is 6.30. The van der Waals surface area contributed by atoms with Gasteiger partial charge >= 0.3 is 5.97 Å². The quantitative estimate of drug-likeness (QED) is 0.826. The van der Waals surface area contributed by atoms with E-state index in [0.29, 0.717) is 22.1 Å². The predicted octanol–water partition coefficient (Wildman–Crippen LogP) is 3.72. The summed E-state index contributed by atoms with van der Waals surface area (Å²) in [6.45, 7) is -0.0339. The van der Waals surface area contributed by atoms with Gasteiger partial charge in [0.05, 0.1) is 6.61 Å². The predicted molar refractivity (Wildman–Crippen MR) is 80.6 cm³/mol. The van der Waals surface area contributed by atoms with Gasteiger partial charge in [0.15, 0.2) is 0 Å². The fraction of sp³-hybridized carbons (Fsp3) is 0.0625. The van der Waals surface area contributed by atoms with Gasteiger partial charge < -0.3 is 14.9 Å². The highest BCUT2D eigenvalue weighted by Crippen LogP contribution is 2.29. The molecule has 0 aliphatic heterocycles. The summed E-state index contributed by atoms with van der Waals surface area (Å²) in [6, 6.07) is 11.9. The Hall–Kier alpha value is -2.30. The first-order valence-corrected chi connectivity index (χ1v) is 6.54. The van der Waals surface area contributed by atoms with Crippen LogP contribution in [0.1, 0.15) is 11.1 Å². The summed E-state index contributed by atoms with van der Waals surface area (Å²) in [5, 5.41) is 18.2. The molecule has 0 radical (unpaired) electrons. The summed E-state index contributed by atoms with van der Waals surface area (Å²) in [6.07, 6.45) is 2.44. The fourth-order valence-electron chi connectivity index (χ4n) is 1.69. The van der Waals surface area contributed by atoms with E-state index in [4.69, 9.17) is 26.6 Å². The van der Waals surface area contributed by atoms with E-state index in [1.54, 1.807) is 42.5 Å². The fourth-order valence-corrected chi connectivity index (χ4v) is 1.87. The van der Waals surface area contributed by atoms with Crippen LogP contribution in [0.2, 0.25) is 5.02 Å². The maximum atomic E-state index is 10.6. The molecule has 2 N–H and O–H groups in total. The van der Waals surface area contributed by atoms with Crippen molar-refractivity contribution in [2.45, 2.75) is 6.61 Å². The number of hydrogen-bond acceptors (Lipinski definition) is 3. The first-order chi connectivity index (χ1) is 10.1. The Morgan fingerprint density at radius 1 is 1.19 bits per heavy atom. The minimum Gasteiger partial charge on any atom is -0.478 e. The number of aliphatic hydroxyl groups excluding tert-OH is 1. The Bertz CT molecular complexity index is 662. The van der Waals surface area contributed by atoms with Crippen molar-refractivity contribution >= 4 is 23.6 Å². The molecule has 0 fully saturated rings. The number of hydrogen-bond donors (Lipinski definition) is 2. The van der Waals surface area contributed by atoms with Crippen molar-refractivity contribution in [2.75, 3.05) is 0 Å². The highest BCUT2D eigenvalue weighted by Gasteiger charge is 2.05. The standard InChI is InChI=1S/C16H13ClO4/c17-13-4-7-15(12(9-13)3-8-16(19)20)21-14-5-1-11(10-18)2-6-14/h1-9,18H,10H2,(H,19,20)/b8-3+. The maximum absolute atomic E-state index is 10.6. The molecule has 2 rings (SSSR count). The molecule has 0 unspecified atom stereocenters. The maximum Gasteiger partial charge on any atom is 0.328 e. The van der Waals surface area contributed by atoms with Crippen LogP contribution in [0.25, 0.3) is 6.08 Å². The molecular weight excluding hydrogens is 292 g/mol. The van der Waals surface area contributed by atoms with Gasteiger partial charge in [0.1, 0.15) is 11.5 Å². The van der Waals surface area contributed by atoms with E-state index in [-0.39, 0.29) is 6.61 Å². The van der Waals surface area contributed by atoms with Crippen molar-refractivity contribution < 1.29 is 19.7 Å². The Labute approximate surface area is 126 Å². The summed E-state index contributed by atoms with van der Waals surface area (Å²) < 4.78 is 5.71. The summed E-state index contributed by atoms with van der Waals surface area (Å²) in [5.41, 5.74) is 1.35. The van der Waals surface area contributed by atoms with E-state index in [1.807, 2.05) is 0 Å². The second kappa shape index (κ2) is 6.92. The lowest BCUT2D eigenvalue weighted by molar-refractivity contribution is -0.131. The van der Waals surface area contributed by atoms with Gasteiger partial charge in [-0.15, -0.1) is 0 Å². The van der Waals surface area contributed by atoms with E-state index in [2.05, 4.69) is 0 Å². The van der Waals surface area contributed by atoms with Crippen LogP contribution in [-0.4, -0.2) is 16.2 Å². The molecule has 0 saturated heterocycles. The molecule has 5 heteroatoms. The molecule has 21 heavy (non-hydrogen) atoms. The summed E-state index contributed by atoms with van der Waals surface area (Å²) in [7, 11) is 0. The minimum atomic E-state index is -1.05. The van der Waals surface area contributed by atoms with E-state index >= 15 is 0 Å².